The number of benzene rings is 2. The number of hydrogen-bond donors (Lipinski definition) is 4. The van der Waals surface area contributed by atoms with Crippen LogP contribution in [0.25, 0.3) is 0 Å². The summed E-state index contributed by atoms with van der Waals surface area (Å²) in [5, 5.41) is 21.8. The quantitative estimate of drug-likeness (QED) is 0.126. The Morgan fingerprint density at radius 1 is 1.15 bits per heavy atom. The highest BCUT2D eigenvalue weighted by atomic mass is 79.9. The van der Waals surface area contributed by atoms with Crippen LogP contribution in [0.2, 0.25) is 0 Å². The zero-order valence-electron chi connectivity index (χ0n) is 18.0. The molecule has 0 radical (unpaired) electrons. The van der Waals surface area contributed by atoms with E-state index < -0.39 is 18.1 Å². The van der Waals surface area contributed by atoms with Gasteiger partial charge >= 0.3 is 6.09 Å². The molecule has 0 aliphatic rings. The summed E-state index contributed by atoms with van der Waals surface area (Å²) in [6.45, 7) is 3.31. The number of aromatic hydroxyl groups is 1. The minimum atomic E-state index is -0.810. The Bertz CT molecular complexity index is 1040. The molecule has 8 nitrogen and oxygen atoms in total. The van der Waals surface area contributed by atoms with Crippen LogP contribution in [0.3, 0.4) is 0 Å². The van der Waals surface area contributed by atoms with E-state index in [-0.39, 0.29) is 17.5 Å². The van der Waals surface area contributed by atoms with Crippen LogP contribution in [0.1, 0.15) is 48.7 Å². The number of hydrogen-bond acceptors (Lipinski definition) is 6. The number of rotatable bonds is 9. The van der Waals surface area contributed by atoms with Gasteiger partial charge in [0.05, 0.1) is 4.47 Å². The average Bonchev–Trinajstić information content (AvgIpc) is 2.77. The Labute approximate surface area is 208 Å². The molecule has 0 aromatic heterocycles. The molecule has 0 aliphatic carbocycles. The molecule has 0 heterocycles. The van der Waals surface area contributed by atoms with Crippen LogP contribution in [0.15, 0.2) is 57.5 Å². The normalized spacial score (nSPS) is 12.8. The van der Waals surface area contributed by atoms with Crippen LogP contribution < -0.4 is 10.8 Å². The number of hydroxylamine groups is 1. The maximum atomic E-state index is 12.7. The molecular weight excluding hydrogens is 560 g/mol. The number of anilines is 1. The fraction of sp³-hybridized carbons (Fsp3) is 0.261. The summed E-state index contributed by atoms with van der Waals surface area (Å²) in [6.07, 6.45) is 2.24. The van der Waals surface area contributed by atoms with E-state index in [0.717, 1.165) is 0 Å². The largest absolute Gasteiger partial charge is 0.506 e. The summed E-state index contributed by atoms with van der Waals surface area (Å²) in [7, 11) is 0. The van der Waals surface area contributed by atoms with Gasteiger partial charge < -0.3 is 9.84 Å². The molecule has 176 valence electrons. The summed E-state index contributed by atoms with van der Waals surface area (Å²) in [4.78, 5) is 35.2. The molecule has 2 rings (SSSR count). The molecule has 33 heavy (non-hydrogen) atoms. The summed E-state index contributed by atoms with van der Waals surface area (Å²) in [5.41, 5.74) is 2.89. The number of ether oxygens (including phenoxy) is 1. The van der Waals surface area contributed by atoms with Crippen LogP contribution >= 0.6 is 31.9 Å². The smallest absolute Gasteiger partial charge is 0.412 e. The molecule has 0 saturated carbocycles. The lowest BCUT2D eigenvalue weighted by Gasteiger charge is -2.26. The van der Waals surface area contributed by atoms with Crippen LogP contribution in [0, 0.1) is 5.92 Å². The number of carbonyl (C=O) groups is 3. The predicted molar refractivity (Wildman–Crippen MR) is 130 cm³/mol. The van der Waals surface area contributed by atoms with Crippen LogP contribution in [0.5, 0.6) is 5.75 Å². The SMILES string of the molecule is CC(=O)c1ccc(NC(=O)O[C@@H](c2cc(Br)cc(Br)c2O)[C@H](C)CC/C=C/C(=O)NO)cc1. The highest BCUT2D eigenvalue weighted by Gasteiger charge is 2.27. The third kappa shape index (κ3) is 7.99. The number of allylic oxidation sites excluding steroid dienone is 1. The molecule has 10 heteroatoms. The topological polar surface area (TPSA) is 125 Å². The van der Waals surface area contributed by atoms with E-state index in [9.17, 15) is 19.5 Å². The van der Waals surface area contributed by atoms with E-state index in [4.69, 9.17) is 9.94 Å². The Hall–Kier alpha value is -2.69. The van der Waals surface area contributed by atoms with Crippen LogP contribution in [-0.4, -0.2) is 28.1 Å². The van der Waals surface area contributed by atoms with Gasteiger partial charge in [-0.05, 0) is 78.0 Å². The third-order valence-corrected chi connectivity index (χ3v) is 5.88. The van der Waals surface area contributed by atoms with Gasteiger partial charge in [0.1, 0.15) is 11.9 Å². The van der Waals surface area contributed by atoms with E-state index in [1.807, 2.05) is 6.92 Å². The molecule has 2 amide bonds. The van der Waals surface area contributed by atoms with Crippen molar-refractivity contribution < 1.29 is 29.4 Å². The lowest BCUT2D eigenvalue weighted by Crippen LogP contribution is -2.22. The van der Waals surface area contributed by atoms with E-state index in [0.29, 0.717) is 38.6 Å². The fourth-order valence-corrected chi connectivity index (χ4v) is 4.34. The van der Waals surface area contributed by atoms with Gasteiger partial charge in [-0.25, -0.2) is 10.3 Å². The molecule has 0 bridgehead atoms. The van der Waals surface area contributed by atoms with Crippen LogP contribution in [-0.2, 0) is 9.53 Å². The maximum absolute atomic E-state index is 12.7. The molecular formula is C23H24Br2N2O6. The van der Waals surface area contributed by atoms with Crippen molar-refractivity contribution in [2.45, 2.75) is 32.8 Å². The van der Waals surface area contributed by atoms with Gasteiger partial charge in [-0.3, -0.25) is 20.1 Å². The number of amides is 2. The second-order valence-electron chi connectivity index (χ2n) is 7.34. The Kier molecular flexibility index (Phi) is 10.1. The first kappa shape index (κ1) is 26.6. The second kappa shape index (κ2) is 12.5. The highest BCUT2D eigenvalue weighted by Crippen LogP contribution is 2.40. The number of phenols is 1. The number of halogens is 2. The van der Waals surface area contributed by atoms with Crippen molar-refractivity contribution >= 4 is 55.3 Å². The summed E-state index contributed by atoms with van der Waals surface area (Å²) in [6, 6.07) is 9.74. The summed E-state index contributed by atoms with van der Waals surface area (Å²) in [5.74, 6) is -1.02. The zero-order chi connectivity index (χ0) is 24.5. The first-order chi connectivity index (χ1) is 15.6. The van der Waals surface area contributed by atoms with E-state index in [1.165, 1.54) is 18.5 Å². The average molecular weight is 584 g/mol. The molecule has 0 spiro atoms. The van der Waals surface area contributed by atoms with Gasteiger partial charge in [-0.15, -0.1) is 0 Å². The van der Waals surface area contributed by atoms with Crippen LogP contribution in [0.4, 0.5) is 10.5 Å². The third-order valence-electron chi connectivity index (χ3n) is 4.82. The Balaban J connectivity index is 2.21. The van der Waals surface area contributed by atoms with Crippen molar-refractivity contribution in [1.82, 2.24) is 5.48 Å². The number of carbonyl (C=O) groups excluding carboxylic acids is 3. The van der Waals surface area contributed by atoms with E-state index >= 15 is 0 Å². The Morgan fingerprint density at radius 2 is 1.82 bits per heavy atom. The maximum Gasteiger partial charge on any atom is 0.412 e. The molecule has 2 aromatic rings. The van der Waals surface area contributed by atoms with Crippen molar-refractivity contribution in [3.05, 3.63) is 68.6 Å². The molecule has 0 fully saturated rings. The number of nitrogens with one attached hydrogen (secondary N) is 2. The van der Waals surface area contributed by atoms with Crippen molar-refractivity contribution in [1.29, 1.82) is 0 Å². The first-order valence-corrected chi connectivity index (χ1v) is 11.6. The van der Waals surface area contributed by atoms with Gasteiger partial charge in [0.15, 0.2) is 5.78 Å². The number of phenolic OH excluding ortho intramolecular Hbond substituents is 1. The molecule has 4 N–H and O–H groups in total. The molecule has 2 aromatic carbocycles. The fourth-order valence-electron chi connectivity index (χ4n) is 3.08. The molecule has 0 saturated heterocycles. The first-order valence-electron chi connectivity index (χ1n) is 9.99. The van der Waals surface area contributed by atoms with Gasteiger partial charge in [0.2, 0.25) is 0 Å². The molecule has 0 aliphatic heterocycles. The van der Waals surface area contributed by atoms with Crippen molar-refractivity contribution in [2.75, 3.05) is 5.32 Å². The lowest BCUT2D eigenvalue weighted by molar-refractivity contribution is -0.124. The summed E-state index contributed by atoms with van der Waals surface area (Å²) >= 11 is 6.68. The van der Waals surface area contributed by atoms with Gasteiger partial charge in [-0.2, -0.15) is 0 Å². The van der Waals surface area contributed by atoms with Crippen molar-refractivity contribution in [2.24, 2.45) is 5.92 Å². The van der Waals surface area contributed by atoms with Crippen molar-refractivity contribution in [3.8, 4) is 5.75 Å². The number of ketones is 1. The van der Waals surface area contributed by atoms with Gasteiger partial charge in [0.25, 0.3) is 5.91 Å². The molecule has 2 atom stereocenters. The van der Waals surface area contributed by atoms with E-state index in [1.54, 1.807) is 42.5 Å². The lowest BCUT2D eigenvalue weighted by atomic mass is 9.92. The standard InChI is InChI=1S/C23H24Br2N2O6/c1-13(5-3-4-6-20(29)27-32)22(18-11-16(24)12-19(25)21(18)30)33-23(31)26-17-9-7-15(8-10-17)14(2)28/h4,6-13,22,30,32H,3,5H2,1-2H3,(H,26,31)(H,27,29)/b6-4+/t13-,22-/m1/s1. The highest BCUT2D eigenvalue weighted by molar-refractivity contribution is 9.11. The minimum Gasteiger partial charge on any atom is -0.506 e. The number of Topliss-reactive ketones (excluding diaryl/α,β-unsaturated/α-hetero) is 1. The zero-order valence-corrected chi connectivity index (χ0v) is 21.1. The minimum absolute atomic E-state index is 0.0520. The molecule has 0 unspecified atom stereocenters. The van der Waals surface area contributed by atoms with Gasteiger partial charge in [-0.1, -0.05) is 28.9 Å². The predicted octanol–water partition coefficient (Wildman–Crippen LogP) is 5.89. The van der Waals surface area contributed by atoms with Gasteiger partial charge in [0, 0.05) is 27.4 Å². The Morgan fingerprint density at radius 3 is 2.42 bits per heavy atom. The van der Waals surface area contributed by atoms with Crippen molar-refractivity contribution in [3.63, 3.8) is 0 Å². The van der Waals surface area contributed by atoms with E-state index in [2.05, 4.69) is 37.2 Å². The monoisotopic (exact) mass is 582 g/mol. The summed E-state index contributed by atoms with van der Waals surface area (Å²) < 4.78 is 6.83. The second-order valence-corrected chi connectivity index (χ2v) is 9.11.